The molecular weight excluding hydrogens is 465 g/mol. The third-order valence-electron chi connectivity index (χ3n) is 4.89. The van der Waals surface area contributed by atoms with Gasteiger partial charge in [-0.3, -0.25) is 4.79 Å². The number of carbonyl (C=O) groups excluding carboxylic acids is 2. The van der Waals surface area contributed by atoms with Gasteiger partial charge in [-0.05, 0) is 35.9 Å². The van der Waals surface area contributed by atoms with Gasteiger partial charge in [0.2, 0.25) is 6.10 Å². The normalized spacial score (nSPS) is 15.0. The lowest BCUT2D eigenvalue weighted by Crippen LogP contribution is -2.40. The van der Waals surface area contributed by atoms with Gasteiger partial charge in [0.15, 0.2) is 18.1 Å². The second kappa shape index (κ2) is 10.3. The summed E-state index contributed by atoms with van der Waals surface area (Å²) in [5, 5.41) is 4.80. The van der Waals surface area contributed by atoms with Crippen molar-refractivity contribution in [2.45, 2.75) is 12.3 Å². The number of hydrazone groups is 1. The number of nitrogens with zero attached hydrogens (tertiary/aromatic N) is 2. The van der Waals surface area contributed by atoms with E-state index in [1.165, 1.54) is 12.3 Å². The number of fused-ring (bicyclic) bond motifs is 1. The lowest BCUT2D eigenvalue weighted by molar-refractivity contribution is -0.157. The number of alkyl halides is 3. The predicted octanol–water partition coefficient (Wildman–Crippen LogP) is 4.46. The molecule has 0 aromatic heterocycles. The van der Waals surface area contributed by atoms with E-state index >= 15 is 0 Å². The Morgan fingerprint density at radius 3 is 2.46 bits per heavy atom. The SMILES string of the molecule is O=C(OCC(=O)N(/N=C/c1ccccc1)c1cccc(C(F)(F)F)c1)C1COc2ccccc2O1. The van der Waals surface area contributed by atoms with Crippen molar-refractivity contribution in [2.75, 3.05) is 18.2 Å². The maximum atomic E-state index is 13.2. The van der Waals surface area contributed by atoms with Crippen molar-refractivity contribution in [1.29, 1.82) is 0 Å². The largest absolute Gasteiger partial charge is 0.485 e. The molecular formula is C25H19F3N2O5. The highest BCUT2D eigenvalue weighted by molar-refractivity contribution is 5.97. The Balaban J connectivity index is 1.49. The molecule has 0 fully saturated rings. The topological polar surface area (TPSA) is 77.4 Å². The van der Waals surface area contributed by atoms with Crippen LogP contribution >= 0.6 is 0 Å². The molecule has 0 spiro atoms. The lowest BCUT2D eigenvalue weighted by atomic mass is 10.2. The minimum atomic E-state index is -4.62. The summed E-state index contributed by atoms with van der Waals surface area (Å²) >= 11 is 0. The first-order valence-corrected chi connectivity index (χ1v) is 10.5. The summed E-state index contributed by atoms with van der Waals surface area (Å²) in [6, 6.07) is 19.5. The van der Waals surface area contributed by atoms with E-state index in [4.69, 9.17) is 14.2 Å². The van der Waals surface area contributed by atoms with Gasteiger partial charge < -0.3 is 14.2 Å². The van der Waals surface area contributed by atoms with E-state index in [0.29, 0.717) is 17.1 Å². The van der Waals surface area contributed by atoms with E-state index < -0.39 is 36.3 Å². The summed E-state index contributed by atoms with van der Waals surface area (Å²) in [5.41, 5.74) is -0.481. The van der Waals surface area contributed by atoms with Crippen LogP contribution in [-0.2, 0) is 20.5 Å². The minimum Gasteiger partial charge on any atom is -0.485 e. The first kappa shape index (κ1) is 23.8. The van der Waals surface area contributed by atoms with Crippen LogP contribution in [0.2, 0.25) is 0 Å². The fourth-order valence-electron chi connectivity index (χ4n) is 3.18. The molecule has 35 heavy (non-hydrogen) atoms. The quantitative estimate of drug-likeness (QED) is 0.294. The van der Waals surface area contributed by atoms with E-state index in [9.17, 15) is 22.8 Å². The number of hydrogen-bond donors (Lipinski definition) is 0. The lowest BCUT2D eigenvalue weighted by Gasteiger charge is -2.25. The van der Waals surface area contributed by atoms with Crippen molar-refractivity contribution in [2.24, 2.45) is 5.10 Å². The van der Waals surface area contributed by atoms with E-state index in [1.54, 1.807) is 54.6 Å². The molecule has 0 saturated heterocycles. The van der Waals surface area contributed by atoms with Crippen molar-refractivity contribution < 1.29 is 37.0 Å². The molecule has 3 aromatic rings. The third kappa shape index (κ3) is 5.97. The molecule has 0 bridgehead atoms. The molecule has 1 atom stereocenters. The molecule has 4 rings (SSSR count). The number of rotatable bonds is 6. The van der Waals surface area contributed by atoms with Crippen LogP contribution in [0.5, 0.6) is 11.5 Å². The van der Waals surface area contributed by atoms with Crippen LogP contribution in [0.15, 0.2) is 84.0 Å². The number of amides is 1. The Kier molecular flexibility index (Phi) is 7.00. The minimum absolute atomic E-state index is 0.118. The summed E-state index contributed by atoms with van der Waals surface area (Å²) in [5.74, 6) is -0.894. The maximum Gasteiger partial charge on any atom is 0.416 e. The molecule has 0 radical (unpaired) electrons. The van der Waals surface area contributed by atoms with Crippen LogP contribution in [-0.4, -0.2) is 37.4 Å². The summed E-state index contributed by atoms with van der Waals surface area (Å²) in [4.78, 5) is 25.3. The maximum absolute atomic E-state index is 13.2. The van der Waals surface area contributed by atoms with Crippen molar-refractivity contribution in [3.8, 4) is 11.5 Å². The Morgan fingerprint density at radius 1 is 1.00 bits per heavy atom. The smallest absolute Gasteiger partial charge is 0.416 e. The monoisotopic (exact) mass is 484 g/mol. The zero-order valence-corrected chi connectivity index (χ0v) is 18.1. The van der Waals surface area contributed by atoms with Crippen LogP contribution in [0.1, 0.15) is 11.1 Å². The van der Waals surface area contributed by atoms with Crippen molar-refractivity contribution in [1.82, 2.24) is 0 Å². The number of carbonyl (C=O) groups is 2. The number of hydrogen-bond acceptors (Lipinski definition) is 6. The van der Waals surface area contributed by atoms with Gasteiger partial charge in [0, 0.05) is 0 Å². The van der Waals surface area contributed by atoms with E-state index in [-0.39, 0.29) is 12.3 Å². The molecule has 1 amide bonds. The number of esters is 1. The molecule has 7 nitrogen and oxygen atoms in total. The van der Waals surface area contributed by atoms with Crippen LogP contribution in [0.25, 0.3) is 0 Å². The molecule has 3 aromatic carbocycles. The van der Waals surface area contributed by atoms with Gasteiger partial charge >= 0.3 is 12.1 Å². The Labute approximate surface area is 198 Å². The van der Waals surface area contributed by atoms with E-state index in [1.807, 2.05) is 0 Å². The fraction of sp³-hybridized carbons (Fsp3) is 0.160. The number of para-hydroxylation sites is 2. The van der Waals surface area contributed by atoms with Gasteiger partial charge in [0.1, 0.15) is 6.61 Å². The third-order valence-corrected chi connectivity index (χ3v) is 4.89. The van der Waals surface area contributed by atoms with Gasteiger partial charge in [-0.2, -0.15) is 23.3 Å². The zero-order chi connectivity index (χ0) is 24.8. The second-order valence-electron chi connectivity index (χ2n) is 7.38. The van der Waals surface area contributed by atoms with E-state index in [0.717, 1.165) is 23.2 Å². The number of ether oxygens (including phenoxy) is 3. The molecule has 10 heteroatoms. The highest BCUT2D eigenvalue weighted by atomic mass is 19.4. The second-order valence-corrected chi connectivity index (χ2v) is 7.38. The zero-order valence-electron chi connectivity index (χ0n) is 18.1. The molecule has 1 aliphatic heterocycles. The Bertz CT molecular complexity index is 1230. The van der Waals surface area contributed by atoms with Crippen molar-refractivity contribution in [3.63, 3.8) is 0 Å². The predicted molar refractivity (Wildman–Crippen MR) is 120 cm³/mol. The van der Waals surface area contributed by atoms with Crippen LogP contribution in [0, 0.1) is 0 Å². The molecule has 0 N–H and O–H groups in total. The molecule has 1 heterocycles. The summed E-state index contributed by atoms with van der Waals surface area (Å²) < 4.78 is 55.7. The van der Waals surface area contributed by atoms with Gasteiger partial charge in [-0.25, -0.2) is 4.79 Å². The van der Waals surface area contributed by atoms with Crippen LogP contribution in [0.3, 0.4) is 0 Å². The molecule has 0 aliphatic carbocycles. The molecule has 180 valence electrons. The molecule has 1 aliphatic rings. The van der Waals surface area contributed by atoms with Crippen LogP contribution < -0.4 is 14.5 Å². The van der Waals surface area contributed by atoms with Gasteiger partial charge in [-0.1, -0.05) is 48.5 Å². The number of anilines is 1. The summed E-state index contributed by atoms with van der Waals surface area (Å²) in [6.45, 7) is -0.893. The average molecular weight is 484 g/mol. The van der Waals surface area contributed by atoms with Gasteiger partial charge in [-0.15, -0.1) is 0 Å². The molecule has 0 saturated carbocycles. The van der Waals surface area contributed by atoms with Gasteiger partial charge in [0.25, 0.3) is 5.91 Å². The fourth-order valence-corrected chi connectivity index (χ4v) is 3.18. The summed E-state index contributed by atoms with van der Waals surface area (Å²) in [7, 11) is 0. The van der Waals surface area contributed by atoms with Gasteiger partial charge in [0.05, 0.1) is 17.5 Å². The average Bonchev–Trinajstić information content (AvgIpc) is 2.87. The Morgan fingerprint density at radius 2 is 1.71 bits per heavy atom. The highest BCUT2D eigenvalue weighted by Crippen LogP contribution is 2.32. The van der Waals surface area contributed by atoms with Crippen LogP contribution in [0.4, 0.5) is 18.9 Å². The summed E-state index contributed by atoms with van der Waals surface area (Å²) in [6.07, 6.45) is -4.41. The van der Waals surface area contributed by atoms with E-state index in [2.05, 4.69) is 5.10 Å². The Hall–Kier alpha value is -4.34. The highest BCUT2D eigenvalue weighted by Gasteiger charge is 2.32. The van der Waals surface area contributed by atoms with Crippen molar-refractivity contribution in [3.05, 3.63) is 90.0 Å². The molecule has 1 unspecified atom stereocenters. The standard InChI is InChI=1S/C25H19F3N2O5/c26-25(27,28)18-9-6-10-19(13-18)30(29-14-17-7-2-1-3-8-17)23(31)16-34-24(32)22-15-33-20-11-4-5-12-21(20)35-22/h1-14,22H,15-16H2/b29-14+. The van der Waals surface area contributed by atoms with Crippen molar-refractivity contribution >= 4 is 23.8 Å². The first-order chi connectivity index (χ1) is 16.8. The number of halogens is 3. The first-order valence-electron chi connectivity index (χ1n) is 10.5. The number of benzene rings is 3.